The third kappa shape index (κ3) is 5.04. The van der Waals surface area contributed by atoms with E-state index in [0.717, 1.165) is 36.7 Å². The van der Waals surface area contributed by atoms with E-state index in [4.69, 9.17) is 0 Å². The van der Waals surface area contributed by atoms with Crippen molar-refractivity contribution >= 4 is 40.5 Å². The lowest BCUT2D eigenvalue weighted by atomic mass is 9.65. The highest BCUT2D eigenvalue weighted by Gasteiger charge is 2.76. The van der Waals surface area contributed by atoms with Crippen LogP contribution in [0, 0.1) is 17.8 Å². The highest BCUT2D eigenvalue weighted by Crippen LogP contribution is 2.68. The number of carbonyl (C=O) groups excluding carboxylic acids is 3. The minimum atomic E-state index is -0.699. The van der Waals surface area contributed by atoms with Crippen LogP contribution in [0.1, 0.15) is 39.0 Å². The van der Waals surface area contributed by atoms with Gasteiger partial charge in [-0.05, 0) is 37.3 Å². The zero-order valence-electron chi connectivity index (χ0n) is 24.6. The lowest BCUT2D eigenvalue weighted by Crippen LogP contribution is -2.57. The number of carbonyl (C=O) groups is 3. The fourth-order valence-electron chi connectivity index (χ4n) is 7.34. The summed E-state index contributed by atoms with van der Waals surface area (Å²) in [5.41, 5.74) is 1.56. The molecule has 3 amide bonds. The maximum Gasteiger partial charge on any atom is 0.248 e. The molecule has 1 N–H and O–H groups in total. The number of amides is 3. The Kier molecular flexibility index (Phi) is 9.08. The first-order valence-electron chi connectivity index (χ1n) is 14.9. The smallest absolute Gasteiger partial charge is 0.248 e. The average molecular weight is 595 g/mol. The van der Waals surface area contributed by atoms with Crippen LogP contribution < -0.4 is 0 Å². The number of thioether (sulfide) groups is 1. The van der Waals surface area contributed by atoms with Gasteiger partial charge in [0.1, 0.15) is 18.2 Å². The normalized spacial score (nSPS) is 27.8. The number of hydrogen-bond donors (Lipinski definition) is 1. The van der Waals surface area contributed by atoms with Crippen molar-refractivity contribution in [3.8, 4) is 0 Å². The molecule has 6 atom stereocenters. The molecule has 3 aliphatic heterocycles. The quantitative estimate of drug-likeness (QED) is 0.264. The molecule has 1 aromatic carbocycles. The standard InChI is InChI=1S/C31H42N6O4S/c1-5-15-34(4)28(39)25-24-19-21(3)31(42-24)26(25)29(40)36(17-11-7-8-12-18-38)27(31)30(41)35(16-6-2)20-37-23-14-10-9-13-22(23)32-33-37/h5-6,9-10,13-14,21,24-27,38H,1-2,7-8,11-12,15-20H2,3-4H3/t21?,24-,25+,26+,27?,31?/m1/s1. The van der Waals surface area contributed by atoms with Crippen LogP contribution in [-0.4, -0.2) is 102 Å². The molecular formula is C31H42N6O4S. The summed E-state index contributed by atoms with van der Waals surface area (Å²) >= 11 is 1.69. The van der Waals surface area contributed by atoms with Gasteiger partial charge in [-0.25, -0.2) is 4.68 Å². The molecule has 3 saturated heterocycles. The van der Waals surface area contributed by atoms with Crippen LogP contribution in [0.25, 0.3) is 11.0 Å². The second kappa shape index (κ2) is 12.6. The molecule has 42 heavy (non-hydrogen) atoms. The zero-order chi connectivity index (χ0) is 30.0. The van der Waals surface area contributed by atoms with Gasteiger partial charge < -0.3 is 19.8 Å². The molecule has 2 aromatic rings. The van der Waals surface area contributed by atoms with Gasteiger partial charge in [-0.3, -0.25) is 14.4 Å². The molecule has 3 fully saturated rings. The summed E-state index contributed by atoms with van der Waals surface area (Å²) < 4.78 is 1.02. The van der Waals surface area contributed by atoms with Crippen molar-refractivity contribution in [3.05, 3.63) is 49.6 Å². The number of rotatable bonds is 14. The Morgan fingerprint density at radius 1 is 1.14 bits per heavy atom. The van der Waals surface area contributed by atoms with E-state index >= 15 is 0 Å². The van der Waals surface area contributed by atoms with Gasteiger partial charge in [0.15, 0.2) is 0 Å². The Morgan fingerprint density at radius 2 is 1.88 bits per heavy atom. The summed E-state index contributed by atoms with van der Waals surface area (Å²) in [4.78, 5) is 48.0. The van der Waals surface area contributed by atoms with Gasteiger partial charge in [-0.1, -0.05) is 49.3 Å². The number of likely N-dealkylation sites (N-methyl/N-ethyl adjacent to an activating group) is 1. The van der Waals surface area contributed by atoms with Crippen LogP contribution in [0.4, 0.5) is 0 Å². The summed E-state index contributed by atoms with van der Waals surface area (Å²) in [6.45, 7) is 11.3. The first kappa shape index (κ1) is 30.3. The van der Waals surface area contributed by atoms with Crippen molar-refractivity contribution in [2.24, 2.45) is 17.8 Å². The first-order valence-corrected chi connectivity index (χ1v) is 15.8. The van der Waals surface area contributed by atoms with E-state index in [9.17, 15) is 19.5 Å². The van der Waals surface area contributed by atoms with E-state index in [1.165, 1.54) is 0 Å². The van der Waals surface area contributed by atoms with Crippen LogP contribution in [0.15, 0.2) is 49.6 Å². The molecule has 0 saturated carbocycles. The number of para-hydroxylation sites is 1. The minimum Gasteiger partial charge on any atom is -0.396 e. The average Bonchev–Trinajstić information content (AvgIpc) is 3.70. The second-order valence-electron chi connectivity index (χ2n) is 11.8. The number of aromatic nitrogens is 3. The number of likely N-dealkylation sites (tertiary alicyclic amines) is 1. The Bertz CT molecular complexity index is 1350. The van der Waals surface area contributed by atoms with Gasteiger partial charge in [-0.15, -0.1) is 30.0 Å². The third-order valence-electron chi connectivity index (χ3n) is 9.24. The van der Waals surface area contributed by atoms with Crippen molar-refractivity contribution in [2.45, 2.75) is 61.7 Å². The van der Waals surface area contributed by atoms with Gasteiger partial charge in [0.2, 0.25) is 17.7 Å². The Labute approximate surface area is 251 Å². The maximum absolute atomic E-state index is 14.7. The van der Waals surface area contributed by atoms with E-state index in [0.29, 0.717) is 19.5 Å². The molecule has 3 aliphatic rings. The van der Waals surface area contributed by atoms with E-state index in [1.807, 2.05) is 24.3 Å². The minimum absolute atomic E-state index is 0.0113. The molecule has 226 valence electrons. The van der Waals surface area contributed by atoms with Crippen molar-refractivity contribution in [1.82, 2.24) is 29.7 Å². The largest absolute Gasteiger partial charge is 0.396 e. The number of nitrogens with zero attached hydrogens (tertiary/aromatic N) is 6. The second-order valence-corrected chi connectivity index (χ2v) is 13.3. The summed E-state index contributed by atoms with van der Waals surface area (Å²) in [7, 11) is 1.76. The van der Waals surface area contributed by atoms with Gasteiger partial charge >= 0.3 is 0 Å². The number of unbranched alkanes of at least 4 members (excludes halogenated alkanes) is 3. The van der Waals surface area contributed by atoms with E-state index in [2.05, 4.69) is 30.4 Å². The van der Waals surface area contributed by atoms with Gasteiger partial charge in [0, 0.05) is 38.5 Å². The molecule has 0 aliphatic carbocycles. The van der Waals surface area contributed by atoms with E-state index in [-0.39, 0.29) is 48.7 Å². The number of aliphatic hydroxyl groups excluding tert-OH is 1. The number of fused-ring (bicyclic) bond motifs is 2. The maximum atomic E-state index is 14.7. The molecule has 10 nitrogen and oxygen atoms in total. The molecule has 0 radical (unpaired) electrons. The fourth-order valence-corrected chi connectivity index (χ4v) is 9.75. The predicted molar refractivity (Wildman–Crippen MR) is 163 cm³/mol. The first-order chi connectivity index (χ1) is 20.3. The van der Waals surface area contributed by atoms with E-state index < -0.39 is 22.6 Å². The van der Waals surface area contributed by atoms with Crippen molar-refractivity contribution < 1.29 is 19.5 Å². The van der Waals surface area contributed by atoms with Gasteiger partial charge in [0.05, 0.1) is 22.1 Å². The Morgan fingerprint density at radius 3 is 2.62 bits per heavy atom. The van der Waals surface area contributed by atoms with Gasteiger partial charge in [-0.2, -0.15) is 0 Å². The monoisotopic (exact) mass is 594 g/mol. The lowest BCUT2D eigenvalue weighted by molar-refractivity contribution is -0.144. The molecule has 3 unspecified atom stereocenters. The number of aliphatic hydroxyl groups is 1. The highest BCUT2D eigenvalue weighted by molar-refractivity contribution is 8.02. The van der Waals surface area contributed by atoms with Crippen LogP contribution >= 0.6 is 11.8 Å². The Balaban J connectivity index is 1.51. The fraction of sp³-hybridized carbons (Fsp3) is 0.581. The SMILES string of the molecule is C=CCN(C)C(=O)[C@@H]1[C@H]2C(=O)N(CCCCCCO)C(C(=O)N(CC=C)Cn3nnc4ccccc43)C23S[C@@H]1CC3C. The molecule has 1 spiro atoms. The lowest BCUT2D eigenvalue weighted by Gasteiger charge is -2.40. The van der Waals surface area contributed by atoms with Crippen LogP contribution in [0.3, 0.4) is 0 Å². The molecule has 4 heterocycles. The van der Waals surface area contributed by atoms with Crippen molar-refractivity contribution in [1.29, 1.82) is 0 Å². The highest BCUT2D eigenvalue weighted by atomic mass is 32.2. The summed E-state index contributed by atoms with van der Waals surface area (Å²) in [5.74, 6) is -1.22. The molecule has 11 heteroatoms. The van der Waals surface area contributed by atoms with Crippen LogP contribution in [0.2, 0.25) is 0 Å². The number of hydrogen-bond acceptors (Lipinski definition) is 7. The van der Waals surface area contributed by atoms with Crippen LogP contribution in [-0.2, 0) is 21.1 Å². The number of benzene rings is 1. The zero-order valence-corrected chi connectivity index (χ0v) is 25.4. The van der Waals surface area contributed by atoms with Crippen molar-refractivity contribution in [2.75, 3.05) is 33.3 Å². The summed E-state index contributed by atoms with van der Waals surface area (Å²) in [6, 6.07) is 6.91. The molecule has 1 aromatic heterocycles. The van der Waals surface area contributed by atoms with Crippen LogP contribution in [0.5, 0.6) is 0 Å². The van der Waals surface area contributed by atoms with Gasteiger partial charge in [0.25, 0.3) is 0 Å². The topological polar surface area (TPSA) is 112 Å². The predicted octanol–water partition coefficient (Wildman–Crippen LogP) is 2.94. The Hall–Kier alpha value is -3.18. The summed E-state index contributed by atoms with van der Waals surface area (Å²) in [5, 5.41) is 17.8. The molecular weight excluding hydrogens is 552 g/mol. The molecule has 5 rings (SSSR count). The van der Waals surface area contributed by atoms with E-state index in [1.54, 1.807) is 50.3 Å². The van der Waals surface area contributed by atoms with Crippen molar-refractivity contribution in [3.63, 3.8) is 0 Å². The molecule has 2 bridgehead atoms. The third-order valence-corrected chi connectivity index (χ3v) is 11.3. The summed E-state index contributed by atoms with van der Waals surface area (Å²) in [6.07, 6.45) is 7.32.